The van der Waals surface area contributed by atoms with Crippen LogP contribution in [0.3, 0.4) is 0 Å². The highest BCUT2D eigenvalue weighted by atomic mass is 32.2. The molecule has 3 rings (SSSR count). The molecule has 1 saturated heterocycles. The summed E-state index contributed by atoms with van der Waals surface area (Å²) in [5.74, 6) is 0.863. The molecule has 8 heteroatoms. The zero-order valence-corrected chi connectivity index (χ0v) is 13.8. The van der Waals surface area contributed by atoms with Gasteiger partial charge >= 0.3 is 0 Å². The summed E-state index contributed by atoms with van der Waals surface area (Å²) in [6.07, 6.45) is 4.98. The van der Waals surface area contributed by atoms with Gasteiger partial charge in [0.05, 0.1) is 6.20 Å². The summed E-state index contributed by atoms with van der Waals surface area (Å²) in [4.78, 5) is 0. The van der Waals surface area contributed by atoms with E-state index in [9.17, 15) is 8.42 Å². The van der Waals surface area contributed by atoms with Gasteiger partial charge in [0.15, 0.2) is 5.03 Å². The fourth-order valence-electron chi connectivity index (χ4n) is 2.48. The molecule has 1 saturated carbocycles. The average molecular weight is 330 g/mol. The van der Waals surface area contributed by atoms with Gasteiger partial charge in [-0.3, -0.25) is 5.10 Å². The monoisotopic (exact) mass is 330 g/mol. The Kier molecular flexibility index (Phi) is 4.58. The van der Waals surface area contributed by atoms with Crippen molar-refractivity contribution in [2.75, 3.05) is 18.8 Å². The second-order valence-electron chi connectivity index (χ2n) is 5.64. The molecule has 2 fully saturated rings. The number of hydrogen-bond donors (Lipinski definition) is 2. The molecule has 2 aliphatic rings. The predicted molar refractivity (Wildman–Crippen MR) is 83.7 cm³/mol. The largest absolute Gasteiger partial charge is 0.310 e. The Morgan fingerprint density at radius 2 is 2.33 bits per heavy atom. The summed E-state index contributed by atoms with van der Waals surface area (Å²) in [6, 6.07) is 0.548. The Balaban J connectivity index is 1.75. The van der Waals surface area contributed by atoms with E-state index < -0.39 is 10.0 Å². The van der Waals surface area contributed by atoms with Crippen molar-refractivity contribution in [3.8, 4) is 0 Å². The van der Waals surface area contributed by atoms with E-state index in [4.69, 9.17) is 0 Å². The number of aromatic amines is 1. The lowest BCUT2D eigenvalue weighted by Crippen LogP contribution is -2.42. The van der Waals surface area contributed by atoms with Crippen LogP contribution in [0, 0.1) is 0 Å². The Labute approximate surface area is 130 Å². The molecule has 1 unspecified atom stereocenters. The molecule has 2 N–H and O–H groups in total. The molecule has 1 aliphatic heterocycles. The van der Waals surface area contributed by atoms with Crippen LogP contribution < -0.4 is 5.32 Å². The van der Waals surface area contributed by atoms with E-state index >= 15 is 0 Å². The topological polar surface area (TPSA) is 78.1 Å². The van der Waals surface area contributed by atoms with Gasteiger partial charge in [-0.05, 0) is 19.3 Å². The number of nitrogens with one attached hydrogen (secondary N) is 2. The van der Waals surface area contributed by atoms with Gasteiger partial charge in [0.2, 0.25) is 0 Å². The lowest BCUT2D eigenvalue weighted by molar-refractivity contribution is 0.413. The van der Waals surface area contributed by atoms with Crippen molar-refractivity contribution in [1.29, 1.82) is 0 Å². The molecule has 21 heavy (non-hydrogen) atoms. The zero-order chi connectivity index (χ0) is 14.9. The van der Waals surface area contributed by atoms with Crippen molar-refractivity contribution in [1.82, 2.24) is 19.8 Å². The second kappa shape index (κ2) is 6.28. The minimum Gasteiger partial charge on any atom is -0.310 e. The highest BCUT2D eigenvalue weighted by molar-refractivity contribution is 8.00. The Morgan fingerprint density at radius 3 is 3.05 bits per heavy atom. The first-order valence-electron chi connectivity index (χ1n) is 7.48. The van der Waals surface area contributed by atoms with E-state index in [0.29, 0.717) is 30.9 Å². The van der Waals surface area contributed by atoms with E-state index in [-0.39, 0.29) is 5.03 Å². The van der Waals surface area contributed by atoms with E-state index in [0.717, 1.165) is 17.7 Å². The molecule has 1 aromatic heterocycles. The van der Waals surface area contributed by atoms with Gasteiger partial charge in [0, 0.05) is 42.2 Å². The lowest BCUT2D eigenvalue weighted by Gasteiger charge is -2.30. The third-order valence-corrected chi connectivity index (χ3v) is 7.24. The number of hydrogen-bond acceptors (Lipinski definition) is 5. The van der Waals surface area contributed by atoms with Crippen LogP contribution in [-0.4, -0.2) is 53.1 Å². The first-order valence-corrected chi connectivity index (χ1v) is 9.97. The summed E-state index contributed by atoms with van der Waals surface area (Å²) >= 11 is 1.86. The summed E-state index contributed by atoms with van der Waals surface area (Å²) in [5.41, 5.74) is 0.744. The maximum atomic E-state index is 12.8. The van der Waals surface area contributed by atoms with Crippen LogP contribution in [-0.2, 0) is 16.6 Å². The average Bonchev–Trinajstić information content (AvgIpc) is 3.20. The molecule has 0 spiro atoms. The van der Waals surface area contributed by atoms with Crippen LogP contribution in [0.4, 0.5) is 0 Å². The third kappa shape index (κ3) is 3.44. The number of thioether (sulfide) groups is 1. The van der Waals surface area contributed by atoms with Crippen molar-refractivity contribution >= 4 is 21.8 Å². The first kappa shape index (κ1) is 15.3. The lowest BCUT2D eigenvalue weighted by atomic mass is 10.3. The quantitative estimate of drug-likeness (QED) is 0.819. The number of nitrogens with zero attached hydrogens (tertiary/aromatic N) is 2. The van der Waals surface area contributed by atoms with E-state index in [1.165, 1.54) is 12.8 Å². The standard InChI is InChI=1S/C13H22N4O2S2/c1-2-12-9-17(5-6-20-12)21(18,19)13-10(8-15-16-13)7-14-11-3-4-11/h8,11-12,14H,2-7,9H2,1H3,(H,15,16). The molecule has 0 aromatic carbocycles. The van der Waals surface area contributed by atoms with Gasteiger partial charge in [-0.25, -0.2) is 8.42 Å². The summed E-state index contributed by atoms with van der Waals surface area (Å²) in [6.45, 7) is 3.85. The van der Waals surface area contributed by atoms with E-state index in [1.54, 1.807) is 10.5 Å². The zero-order valence-electron chi connectivity index (χ0n) is 12.2. The van der Waals surface area contributed by atoms with Crippen molar-refractivity contribution < 1.29 is 8.42 Å². The molecule has 0 amide bonds. The van der Waals surface area contributed by atoms with Gasteiger partial charge in [-0.15, -0.1) is 0 Å². The Hall–Kier alpha value is -0.570. The maximum absolute atomic E-state index is 12.8. The SMILES string of the molecule is CCC1CN(S(=O)(=O)c2[nH]ncc2CNC2CC2)CCS1. The Bertz CT molecular complexity index is 583. The number of H-pyrrole nitrogens is 1. The predicted octanol–water partition coefficient (Wildman–Crippen LogP) is 1.18. The van der Waals surface area contributed by atoms with Crippen LogP contribution >= 0.6 is 11.8 Å². The molecular formula is C13H22N4O2S2. The fraction of sp³-hybridized carbons (Fsp3) is 0.769. The summed E-state index contributed by atoms with van der Waals surface area (Å²) < 4.78 is 27.2. The van der Waals surface area contributed by atoms with Crippen LogP contribution in [0.25, 0.3) is 0 Å². The van der Waals surface area contributed by atoms with Gasteiger partial charge in [-0.2, -0.15) is 21.2 Å². The molecule has 118 valence electrons. The molecule has 1 atom stereocenters. The minimum atomic E-state index is -3.46. The van der Waals surface area contributed by atoms with Crippen molar-refractivity contribution in [3.05, 3.63) is 11.8 Å². The van der Waals surface area contributed by atoms with Crippen LogP contribution in [0.2, 0.25) is 0 Å². The smallest absolute Gasteiger partial charge is 0.260 e. The highest BCUT2D eigenvalue weighted by Gasteiger charge is 2.33. The van der Waals surface area contributed by atoms with Gasteiger partial charge < -0.3 is 5.32 Å². The Morgan fingerprint density at radius 1 is 1.52 bits per heavy atom. The molecule has 2 heterocycles. The van der Waals surface area contributed by atoms with Gasteiger partial charge in [-0.1, -0.05) is 6.92 Å². The van der Waals surface area contributed by atoms with E-state index in [2.05, 4.69) is 22.4 Å². The van der Waals surface area contributed by atoms with Crippen molar-refractivity contribution in [2.24, 2.45) is 0 Å². The number of sulfonamides is 1. The van der Waals surface area contributed by atoms with Crippen LogP contribution in [0.5, 0.6) is 0 Å². The fourth-order valence-corrected chi connectivity index (χ4v) is 5.46. The minimum absolute atomic E-state index is 0.261. The van der Waals surface area contributed by atoms with Gasteiger partial charge in [0.25, 0.3) is 10.0 Å². The number of aromatic nitrogens is 2. The maximum Gasteiger partial charge on any atom is 0.260 e. The number of rotatable bonds is 6. The third-order valence-electron chi connectivity index (χ3n) is 3.99. The molecule has 1 aromatic rings. The summed E-state index contributed by atoms with van der Waals surface area (Å²) in [5, 5.41) is 10.6. The van der Waals surface area contributed by atoms with E-state index in [1.807, 2.05) is 11.8 Å². The van der Waals surface area contributed by atoms with Crippen molar-refractivity contribution in [3.63, 3.8) is 0 Å². The first-order chi connectivity index (χ1) is 10.1. The van der Waals surface area contributed by atoms with Gasteiger partial charge in [0.1, 0.15) is 0 Å². The molecule has 6 nitrogen and oxygen atoms in total. The second-order valence-corrected chi connectivity index (χ2v) is 8.93. The van der Waals surface area contributed by atoms with Crippen LogP contribution in [0.1, 0.15) is 31.7 Å². The van der Waals surface area contributed by atoms with Crippen LogP contribution in [0.15, 0.2) is 11.2 Å². The molecular weight excluding hydrogens is 308 g/mol. The normalized spacial score (nSPS) is 24.3. The summed E-state index contributed by atoms with van der Waals surface area (Å²) in [7, 11) is -3.46. The highest BCUT2D eigenvalue weighted by Crippen LogP contribution is 2.27. The molecule has 0 bridgehead atoms. The molecule has 0 radical (unpaired) electrons. The van der Waals surface area contributed by atoms with Crippen molar-refractivity contribution in [2.45, 2.75) is 49.0 Å². The molecule has 1 aliphatic carbocycles.